The molecule has 3 heteroatoms. The third-order valence-corrected chi connectivity index (χ3v) is 3.93. The molecule has 0 radical (unpaired) electrons. The molecule has 1 amide bonds. The molecule has 1 N–H and O–H groups in total. The summed E-state index contributed by atoms with van der Waals surface area (Å²) in [5, 5.41) is 9.18. The van der Waals surface area contributed by atoms with Gasteiger partial charge in [-0.15, -0.1) is 0 Å². The van der Waals surface area contributed by atoms with Crippen LogP contribution in [0.5, 0.6) is 0 Å². The second kappa shape index (κ2) is 3.24. The minimum absolute atomic E-state index is 0.00760. The number of rotatable bonds is 1. The van der Waals surface area contributed by atoms with Gasteiger partial charge < -0.3 is 10.0 Å². The highest BCUT2D eigenvalue weighted by Gasteiger charge is 2.56. The Morgan fingerprint density at radius 2 is 2.00 bits per heavy atom. The lowest BCUT2D eigenvalue weighted by Crippen LogP contribution is -2.35. The van der Waals surface area contributed by atoms with Gasteiger partial charge in [0.15, 0.2) is 0 Å². The Balaban J connectivity index is 1.84. The zero-order valence-electron chi connectivity index (χ0n) is 9.10. The summed E-state index contributed by atoms with van der Waals surface area (Å²) in [5.74, 6) is 0.389. The molecule has 0 bridgehead atoms. The number of hydrogen-bond donors (Lipinski definition) is 1. The Labute approximate surface area is 94.7 Å². The lowest BCUT2D eigenvalue weighted by molar-refractivity contribution is 0.135. The molecule has 1 spiro atoms. The standard InChI is InChI=1S/C13H15NO2/c15-12(16)14-9-11(8-13(14)6-7-13)10-4-2-1-3-5-10/h1-5,11H,6-9H2,(H,15,16). The number of amides is 1. The predicted octanol–water partition coefficient (Wildman–Crippen LogP) is 2.69. The summed E-state index contributed by atoms with van der Waals surface area (Å²) in [5.41, 5.74) is 1.27. The van der Waals surface area contributed by atoms with Gasteiger partial charge in [-0.1, -0.05) is 30.3 Å². The average Bonchev–Trinajstić information content (AvgIpc) is 2.92. The lowest BCUT2D eigenvalue weighted by Gasteiger charge is -2.19. The van der Waals surface area contributed by atoms with Crippen molar-refractivity contribution in [2.24, 2.45) is 0 Å². The van der Waals surface area contributed by atoms with Gasteiger partial charge in [-0.2, -0.15) is 0 Å². The van der Waals surface area contributed by atoms with Crippen molar-refractivity contribution in [1.82, 2.24) is 4.90 Å². The first-order valence-corrected chi connectivity index (χ1v) is 5.77. The summed E-state index contributed by atoms with van der Waals surface area (Å²) in [6.07, 6.45) is 2.34. The van der Waals surface area contributed by atoms with Crippen molar-refractivity contribution in [1.29, 1.82) is 0 Å². The first kappa shape index (κ1) is 9.70. The Hall–Kier alpha value is -1.51. The van der Waals surface area contributed by atoms with Crippen LogP contribution in [0.1, 0.15) is 30.7 Å². The molecule has 1 saturated heterocycles. The smallest absolute Gasteiger partial charge is 0.407 e. The van der Waals surface area contributed by atoms with E-state index in [2.05, 4.69) is 12.1 Å². The van der Waals surface area contributed by atoms with Gasteiger partial charge in [0, 0.05) is 18.0 Å². The third-order valence-electron chi connectivity index (χ3n) is 3.93. The molecule has 1 aliphatic heterocycles. The molecule has 1 aliphatic carbocycles. The number of carbonyl (C=O) groups is 1. The zero-order chi connectivity index (χ0) is 11.2. The van der Waals surface area contributed by atoms with Crippen molar-refractivity contribution in [3.8, 4) is 0 Å². The minimum Gasteiger partial charge on any atom is -0.465 e. The SMILES string of the molecule is O=C(O)N1CC(c2ccccc2)CC12CC2. The van der Waals surface area contributed by atoms with E-state index in [0.717, 1.165) is 19.3 Å². The zero-order valence-corrected chi connectivity index (χ0v) is 9.10. The van der Waals surface area contributed by atoms with Crippen molar-refractivity contribution < 1.29 is 9.90 Å². The lowest BCUT2D eigenvalue weighted by atomic mass is 9.96. The third kappa shape index (κ3) is 1.39. The van der Waals surface area contributed by atoms with Crippen LogP contribution < -0.4 is 0 Å². The van der Waals surface area contributed by atoms with Gasteiger partial charge in [0.25, 0.3) is 0 Å². The molecular formula is C13H15NO2. The fourth-order valence-corrected chi connectivity index (χ4v) is 2.90. The van der Waals surface area contributed by atoms with E-state index in [-0.39, 0.29) is 5.54 Å². The first-order valence-electron chi connectivity index (χ1n) is 5.77. The highest BCUT2D eigenvalue weighted by Crippen LogP contribution is 2.53. The number of benzene rings is 1. The number of nitrogens with zero attached hydrogens (tertiary/aromatic N) is 1. The molecule has 2 fully saturated rings. The van der Waals surface area contributed by atoms with Gasteiger partial charge in [-0.25, -0.2) is 4.79 Å². The molecule has 0 aromatic heterocycles. The van der Waals surface area contributed by atoms with Crippen LogP contribution in [0.25, 0.3) is 0 Å². The van der Waals surface area contributed by atoms with Crippen LogP contribution in [-0.4, -0.2) is 28.2 Å². The van der Waals surface area contributed by atoms with Gasteiger partial charge >= 0.3 is 6.09 Å². The first-order chi connectivity index (χ1) is 7.71. The average molecular weight is 217 g/mol. The summed E-state index contributed by atoms with van der Waals surface area (Å²) < 4.78 is 0. The van der Waals surface area contributed by atoms with Crippen LogP contribution >= 0.6 is 0 Å². The molecular weight excluding hydrogens is 202 g/mol. The Morgan fingerprint density at radius 3 is 2.50 bits per heavy atom. The fourth-order valence-electron chi connectivity index (χ4n) is 2.90. The number of hydrogen-bond acceptors (Lipinski definition) is 1. The van der Waals surface area contributed by atoms with Gasteiger partial charge in [0.05, 0.1) is 0 Å². The molecule has 3 nitrogen and oxygen atoms in total. The second-order valence-electron chi connectivity index (χ2n) is 4.93. The van der Waals surface area contributed by atoms with Crippen LogP contribution in [-0.2, 0) is 0 Å². The van der Waals surface area contributed by atoms with Crippen molar-refractivity contribution in [2.45, 2.75) is 30.7 Å². The van der Waals surface area contributed by atoms with Crippen LogP contribution in [0.3, 0.4) is 0 Å². The van der Waals surface area contributed by atoms with Crippen LogP contribution in [0.2, 0.25) is 0 Å². The summed E-state index contributed by atoms with van der Waals surface area (Å²) in [7, 11) is 0. The fraction of sp³-hybridized carbons (Fsp3) is 0.462. The molecule has 1 unspecified atom stereocenters. The predicted molar refractivity (Wildman–Crippen MR) is 60.5 cm³/mol. The topological polar surface area (TPSA) is 40.5 Å². The van der Waals surface area contributed by atoms with E-state index in [4.69, 9.17) is 0 Å². The molecule has 2 aliphatic rings. The van der Waals surface area contributed by atoms with Crippen LogP contribution in [0.15, 0.2) is 30.3 Å². The molecule has 16 heavy (non-hydrogen) atoms. The molecule has 3 rings (SSSR count). The van der Waals surface area contributed by atoms with Crippen molar-refractivity contribution in [3.05, 3.63) is 35.9 Å². The molecule has 1 saturated carbocycles. The number of likely N-dealkylation sites (tertiary alicyclic amines) is 1. The van der Waals surface area contributed by atoms with E-state index in [9.17, 15) is 9.90 Å². The van der Waals surface area contributed by atoms with E-state index in [0.29, 0.717) is 12.5 Å². The van der Waals surface area contributed by atoms with Crippen molar-refractivity contribution in [2.75, 3.05) is 6.54 Å². The molecule has 1 aromatic rings. The van der Waals surface area contributed by atoms with E-state index < -0.39 is 6.09 Å². The van der Waals surface area contributed by atoms with Crippen LogP contribution in [0, 0.1) is 0 Å². The summed E-state index contributed by atoms with van der Waals surface area (Å²) >= 11 is 0. The largest absolute Gasteiger partial charge is 0.465 e. The maximum Gasteiger partial charge on any atom is 0.407 e. The van der Waals surface area contributed by atoms with E-state index >= 15 is 0 Å². The Bertz CT molecular complexity index is 411. The Kier molecular flexibility index (Phi) is 1.96. The maximum absolute atomic E-state index is 11.2. The quantitative estimate of drug-likeness (QED) is 0.785. The van der Waals surface area contributed by atoms with E-state index in [1.54, 1.807) is 4.90 Å². The maximum atomic E-state index is 11.2. The summed E-state index contributed by atoms with van der Waals surface area (Å²) in [6.45, 7) is 0.666. The van der Waals surface area contributed by atoms with Gasteiger partial charge in [0.1, 0.15) is 0 Å². The monoisotopic (exact) mass is 217 g/mol. The highest BCUT2D eigenvalue weighted by atomic mass is 16.4. The molecule has 1 heterocycles. The second-order valence-corrected chi connectivity index (χ2v) is 4.93. The van der Waals surface area contributed by atoms with Crippen LogP contribution in [0.4, 0.5) is 4.79 Å². The number of carboxylic acid groups (broad SMARTS) is 1. The summed E-state index contributed by atoms with van der Waals surface area (Å²) in [4.78, 5) is 12.8. The van der Waals surface area contributed by atoms with Crippen molar-refractivity contribution in [3.63, 3.8) is 0 Å². The normalized spacial score (nSPS) is 26.0. The van der Waals surface area contributed by atoms with E-state index in [1.165, 1.54) is 5.56 Å². The summed E-state index contributed by atoms with van der Waals surface area (Å²) in [6, 6.07) is 10.3. The van der Waals surface area contributed by atoms with Crippen molar-refractivity contribution >= 4 is 6.09 Å². The van der Waals surface area contributed by atoms with Gasteiger partial charge in [0.2, 0.25) is 0 Å². The van der Waals surface area contributed by atoms with E-state index in [1.807, 2.05) is 18.2 Å². The van der Waals surface area contributed by atoms with Gasteiger partial charge in [-0.05, 0) is 24.8 Å². The molecule has 1 aromatic carbocycles. The van der Waals surface area contributed by atoms with Gasteiger partial charge in [-0.3, -0.25) is 0 Å². The Morgan fingerprint density at radius 1 is 1.31 bits per heavy atom. The molecule has 84 valence electrons. The minimum atomic E-state index is -0.754. The highest BCUT2D eigenvalue weighted by molar-refractivity contribution is 5.68. The molecule has 1 atom stereocenters.